The molecule has 0 aliphatic heterocycles. The van der Waals surface area contributed by atoms with E-state index < -0.39 is 0 Å². The predicted molar refractivity (Wildman–Crippen MR) is 280 cm³/mol. The molecule has 0 spiro atoms. The van der Waals surface area contributed by atoms with Gasteiger partial charge in [0.25, 0.3) is 0 Å². The van der Waals surface area contributed by atoms with E-state index in [0.29, 0.717) is 17.5 Å². The van der Waals surface area contributed by atoms with Crippen LogP contribution in [0.4, 0.5) is 0 Å². The summed E-state index contributed by atoms with van der Waals surface area (Å²) in [5.41, 5.74) is 12.7. The van der Waals surface area contributed by atoms with E-state index in [2.05, 4.69) is 194 Å². The average Bonchev–Trinajstić information content (AvgIpc) is 3.97. The van der Waals surface area contributed by atoms with Gasteiger partial charge in [-0.15, -0.1) is 0 Å². The van der Waals surface area contributed by atoms with Crippen molar-refractivity contribution in [1.29, 1.82) is 0 Å². The molecule has 0 saturated heterocycles. The lowest BCUT2D eigenvalue weighted by Gasteiger charge is -2.17. The Kier molecular flexibility index (Phi) is 8.52. The number of benzene rings is 11. The first kappa shape index (κ1) is 38.1. The molecule has 3 heterocycles. The number of para-hydroxylation sites is 1. The monoisotopic (exact) mass is 867 g/mol. The van der Waals surface area contributed by atoms with Crippen molar-refractivity contribution in [2.24, 2.45) is 0 Å². The van der Waals surface area contributed by atoms with E-state index in [1.807, 2.05) is 30.3 Å². The number of rotatable bonds is 6. The summed E-state index contributed by atoms with van der Waals surface area (Å²) in [6, 6.07) is 78.9. The molecule has 0 N–H and O–H groups in total. The Hall–Kier alpha value is -9.19. The molecule has 0 bridgehead atoms. The molecule has 3 aromatic heterocycles. The van der Waals surface area contributed by atoms with Gasteiger partial charge >= 0.3 is 0 Å². The standard InChI is InChI=1S/C63H37N3O2/c1-2-12-38(13-3-1)40-22-25-41(26-23-40)61-64-62(46-28-29-51-50-20-10-11-21-55(50)67-57(51)37-46)66-63(65-61)53-31-30-52(48-18-8-9-19-49(48)53)59-47(45-27-24-39-14-4-5-15-42(39)34-45)32-33-56-60(59)54-35-43-16-6-7-17-44(43)36-58(54)68-56/h1-37H. The molecule has 14 rings (SSSR count). The highest BCUT2D eigenvalue weighted by molar-refractivity contribution is 6.21. The Balaban J connectivity index is 0.998. The zero-order valence-electron chi connectivity index (χ0n) is 36.5. The van der Waals surface area contributed by atoms with Gasteiger partial charge in [-0.25, -0.2) is 15.0 Å². The van der Waals surface area contributed by atoms with Crippen molar-refractivity contribution in [1.82, 2.24) is 15.0 Å². The van der Waals surface area contributed by atoms with Crippen molar-refractivity contribution < 1.29 is 8.83 Å². The van der Waals surface area contributed by atoms with E-state index in [-0.39, 0.29) is 0 Å². The Morgan fingerprint density at radius 3 is 1.59 bits per heavy atom. The minimum atomic E-state index is 0.563. The maximum atomic E-state index is 6.74. The predicted octanol–water partition coefficient (Wildman–Crippen LogP) is 17.1. The maximum Gasteiger partial charge on any atom is 0.164 e. The Morgan fingerprint density at radius 1 is 0.250 bits per heavy atom. The number of hydrogen-bond acceptors (Lipinski definition) is 5. The van der Waals surface area contributed by atoms with E-state index in [4.69, 9.17) is 23.8 Å². The number of aromatic nitrogens is 3. The van der Waals surface area contributed by atoms with Gasteiger partial charge < -0.3 is 8.83 Å². The van der Waals surface area contributed by atoms with Crippen LogP contribution in [0, 0.1) is 0 Å². The molecule has 0 unspecified atom stereocenters. The summed E-state index contributed by atoms with van der Waals surface area (Å²) in [6.07, 6.45) is 0. The normalized spacial score (nSPS) is 11.8. The third-order valence-corrected chi connectivity index (χ3v) is 13.5. The number of nitrogens with zero attached hydrogens (tertiary/aromatic N) is 3. The molecule has 5 heteroatoms. The minimum Gasteiger partial charge on any atom is -0.456 e. The second kappa shape index (κ2) is 15.2. The van der Waals surface area contributed by atoms with E-state index in [0.717, 1.165) is 110 Å². The van der Waals surface area contributed by atoms with Crippen molar-refractivity contribution in [2.45, 2.75) is 0 Å². The molecule has 0 atom stereocenters. The van der Waals surface area contributed by atoms with Crippen LogP contribution in [0.2, 0.25) is 0 Å². The maximum absolute atomic E-state index is 6.74. The molecule has 14 aromatic rings. The van der Waals surface area contributed by atoms with Gasteiger partial charge in [-0.05, 0) is 109 Å². The van der Waals surface area contributed by atoms with Crippen molar-refractivity contribution in [3.05, 3.63) is 224 Å². The highest BCUT2D eigenvalue weighted by atomic mass is 16.3. The Morgan fingerprint density at radius 2 is 0.779 bits per heavy atom. The lowest BCUT2D eigenvalue weighted by molar-refractivity contribution is 0.669. The van der Waals surface area contributed by atoms with Crippen molar-refractivity contribution in [3.8, 4) is 67.5 Å². The molecular formula is C63H37N3O2. The molecule has 0 amide bonds. The van der Waals surface area contributed by atoms with Gasteiger partial charge in [0.15, 0.2) is 17.5 Å². The van der Waals surface area contributed by atoms with Gasteiger partial charge in [-0.3, -0.25) is 0 Å². The van der Waals surface area contributed by atoms with Gasteiger partial charge in [0, 0.05) is 43.8 Å². The molecular weight excluding hydrogens is 831 g/mol. The molecule has 0 saturated carbocycles. The van der Waals surface area contributed by atoms with E-state index in [1.165, 1.54) is 16.2 Å². The smallest absolute Gasteiger partial charge is 0.164 e. The first-order valence-electron chi connectivity index (χ1n) is 22.9. The quantitative estimate of drug-likeness (QED) is 0.167. The molecule has 11 aromatic carbocycles. The SMILES string of the molecule is c1ccc(-c2ccc(-c3nc(-c4ccc5c(c4)oc4ccccc45)nc(-c4ccc(-c5c(-c6ccc7ccccc7c6)ccc6oc7cc8ccccc8cc7c56)c5ccccc45)n3)cc2)cc1. The molecule has 0 aliphatic rings. The lowest BCUT2D eigenvalue weighted by atomic mass is 9.86. The molecule has 5 nitrogen and oxygen atoms in total. The second-order valence-corrected chi connectivity index (χ2v) is 17.5. The summed E-state index contributed by atoms with van der Waals surface area (Å²) >= 11 is 0. The zero-order valence-corrected chi connectivity index (χ0v) is 36.5. The van der Waals surface area contributed by atoms with Crippen LogP contribution in [0.1, 0.15) is 0 Å². The van der Waals surface area contributed by atoms with Gasteiger partial charge in [0.1, 0.15) is 22.3 Å². The fourth-order valence-corrected chi connectivity index (χ4v) is 10.2. The van der Waals surface area contributed by atoms with Gasteiger partial charge in [-0.2, -0.15) is 0 Å². The van der Waals surface area contributed by atoms with Crippen molar-refractivity contribution in [3.63, 3.8) is 0 Å². The van der Waals surface area contributed by atoms with Crippen LogP contribution in [-0.4, -0.2) is 15.0 Å². The van der Waals surface area contributed by atoms with Gasteiger partial charge in [-0.1, -0.05) is 176 Å². The summed E-state index contributed by atoms with van der Waals surface area (Å²) in [4.78, 5) is 15.8. The number of fused-ring (bicyclic) bond motifs is 9. The number of hydrogen-bond donors (Lipinski definition) is 0. The molecule has 68 heavy (non-hydrogen) atoms. The third kappa shape index (κ3) is 6.21. The fourth-order valence-electron chi connectivity index (χ4n) is 10.2. The van der Waals surface area contributed by atoms with Crippen LogP contribution < -0.4 is 0 Å². The molecule has 0 radical (unpaired) electrons. The minimum absolute atomic E-state index is 0.563. The van der Waals surface area contributed by atoms with Crippen LogP contribution in [0.25, 0.3) is 144 Å². The highest BCUT2D eigenvalue weighted by Crippen LogP contribution is 2.47. The zero-order chi connectivity index (χ0) is 44.7. The summed E-state index contributed by atoms with van der Waals surface area (Å²) in [6.45, 7) is 0. The first-order valence-corrected chi connectivity index (χ1v) is 22.9. The van der Waals surface area contributed by atoms with Crippen LogP contribution in [0.5, 0.6) is 0 Å². The molecule has 0 aliphatic carbocycles. The first-order chi connectivity index (χ1) is 33.7. The van der Waals surface area contributed by atoms with Gasteiger partial charge in [0.05, 0.1) is 0 Å². The van der Waals surface area contributed by atoms with Gasteiger partial charge in [0.2, 0.25) is 0 Å². The third-order valence-electron chi connectivity index (χ3n) is 13.5. The average molecular weight is 868 g/mol. The fraction of sp³-hybridized carbons (Fsp3) is 0. The summed E-state index contributed by atoms with van der Waals surface area (Å²) in [5, 5.41) is 11.1. The summed E-state index contributed by atoms with van der Waals surface area (Å²) in [5.74, 6) is 1.73. The Bertz CT molecular complexity index is 4320. The van der Waals surface area contributed by atoms with E-state index in [9.17, 15) is 0 Å². The number of furan rings is 2. The Labute approximate surface area is 390 Å². The van der Waals surface area contributed by atoms with Crippen molar-refractivity contribution >= 4 is 76.2 Å². The summed E-state index contributed by atoms with van der Waals surface area (Å²) < 4.78 is 13.1. The largest absolute Gasteiger partial charge is 0.456 e. The van der Waals surface area contributed by atoms with Crippen LogP contribution in [-0.2, 0) is 0 Å². The molecule has 316 valence electrons. The van der Waals surface area contributed by atoms with E-state index in [1.54, 1.807) is 0 Å². The van der Waals surface area contributed by atoms with Crippen LogP contribution >= 0.6 is 0 Å². The van der Waals surface area contributed by atoms with Crippen LogP contribution in [0.3, 0.4) is 0 Å². The lowest BCUT2D eigenvalue weighted by Crippen LogP contribution is -2.01. The highest BCUT2D eigenvalue weighted by Gasteiger charge is 2.23. The second-order valence-electron chi connectivity index (χ2n) is 17.5. The molecule has 0 fully saturated rings. The topological polar surface area (TPSA) is 65.0 Å². The summed E-state index contributed by atoms with van der Waals surface area (Å²) in [7, 11) is 0. The van der Waals surface area contributed by atoms with Crippen molar-refractivity contribution in [2.75, 3.05) is 0 Å². The van der Waals surface area contributed by atoms with Crippen LogP contribution in [0.15, 0.2) is 233 Å². The van der Waals surface area contributed by atoms with E-state index >= 15 is 0 Å².